The number of ether oxygens (including phenoxy) is 1. The lowest BCUT2D eigenvalue weighted by atomic mass is 10.2. The Bertz CT molecular complexity index is 393. The molecule has 1 heterocycles. The summed E-state index contributed by atoms with van der Waals surface area (Å²) in [5.41, 5.74) is 0. The fourth-order valence-corrected chi connectivity index (χ4v) is 2.18. The van der Waals surface area contributed by atoms with Crippen LogP contribution in [0.2, 0.25) is 0 Å². The van der Waals surface area contributed by atoms with Crippen molar-refractivity contribution in [1.82, 2.24) is 0 Å². The van der Waals surface area contributed by atoms with Gasteiger partial charge in [0, 0.05) is 11.8 Å². The number of carbonyl (C=O) groups excluding carboxylic acids is 2. The highest BCUT2D eigenvalue weighted by atomic mass is 16.5. The van der Waals surface area contributed by atoms with E-state index < -0.39 is 0 Å². The molecule has 1 fully saturated rings. The predicted molar refractivity (Wildman–Crippen MR) is 55.7 cm³/mol. The molecule has 0 bridgehead atoms. The SMILES string of the molecule is CCOC(=O)[C@@H]1[C@@H](C(C)=O)[C@@H]1c1ccco1. The summed E-state index contributed by atoms with van der Waals surface area (Å²) in [4.78, 5) is 23.0. The van der Waals surface area contributed by atoms with Crippen molar-refractivity contribution in [2.45, 2.75) is 19.8 Å². The molecule has 4 heteroatoms. The normalized spacial score (nSPS) is 27.5. The van der Waals surface area contributed by atoms with E-state index in [1.165, 1.54) is 6.92 Å². The summed E-state index contributed by atoms with van der Waals surface area (Å²) in [6.45, 7) is 3.59. The highest BCUT2D eigenvalue weighted by Crippen LogP contribution is 2.55. The lowest BCUT2D eigenvalue weighted by molar-refractivity contribution is -0.145. The summed E-state index contributed by atoms with van der Waals surface area (Å²) in [5, 5.41) is 0. The Kier molecular flexibility index (Phi) is 2.81. The maximum Gasteiger partial charge on any atom is 0.310 e. The summed E-state index contributed by atoms with van der Waals surface area (Å²) in [6.07, 6.45) is 1.55. The smallest absolute Gasteiger partial charge is 0.310 e. The second kappa shape index (κ2) is 4.12. The quantitative estimate of drug-likeness (QED) is 0.728. The maximum absolute atomic E-state index is 11.6. The van der Waals surface area contributed by atoms with Crippen LogP contribution in [0.4, 0.5) is 0 Å². The third-order valence-corrected chi connectivity index (χ3v) is 2.92. The van der Waals surface area contributed by atoms with E-state index >= 15 is 0 Å². The molecule has 0 aliphatic heterocycles. The first-order valence-electron chi connectivity index (χ1n) is 5.37. The summed E-state index contributed by atoms with van der Waals surface area (Å²) in [5.74, 6) is -0.359. The van der Waals surface area contributed by atoms with E-state index in [-0.39, 0.29) is 29.5 Å². The lowest BCUT2D eigenvalue weighted by Crippen LogP contribution is -2.10. The first-order chi connectivity index (χ1) is 7.66. The monoisotopic (exact) mass is 222 g/mol. The van der Waals surface area contributed by atoms with Crippen molar-refractivity contribution >= 4 is 11.8 Å². The second-order valence-electron chi connectivity index (χ2n) is 3.96. The van der Waals surface area contributed by atoms with E-state index in [1.807, 2.05) is 0 Å². The second-order valence-corrected chi connectivity index (χ2v) is 3.96. The van der Waals surface area contributed by atoms with Gasteiger partial charge in [0.25, 0.3) is 0 Å². The van der Waals surface area contributed by atoms with Crippen LogP contribution in [-0.2, 0) is 14.3 Å². The third-order valence-electron chi connectivity index (χ3n) is 2.92. The van der Waals surface area contributed by atoms with Gasteiger partial charge in [0.1, 0.15) is 11.5 Å². The van der Waals surface area contributed by atoms with Crippen molar-refractivity contribution in [2.24, 2.45) is 11.8 Å². The number of hydrogen-bond acceptors (Lipinski definition) is 4. The lowest BCUT2D eigenvalue weighted by Gasteiger charge is -1.98. The fraction of sp³-hybridized carbons (Fsp3) is 0.500. The molecule has 16 heavy (non-hydrogen) atoms. The molecule has 4 nitrogen and oxygen atoms in total. The number of carbonyl (C=O) groups is 2. The zero-order valence-corrected chi connectivity index (χ0v) is 9.30. The Morgan fingerprint density at radius 2 is 2.19 bits per heavy atom. The highest BCUT2D eigenvalue weighted by molar-refractivity contribution is 5.92. The Morgan fingerprint density at radius 3 is 2.69 bits per heavy atom. The van der Waals surface area contributed by atoms with Crippen molar-refractivity contribution in [1.29, 1.82) is 0 Å². The largest absolute Gasteiger partial charge is 0.469 e. The van der Waals surface area contributed by atoms with Gasteiger partial charge in [0.05, 0.1) is 18.8 Å². The predicted octanol–water partition coefficient (Wildman–Crippen LogP) is 1.76. The maximum atomic E-state index is 11.6. The molecule has 0 aromatic carbocycles. The number of Topliss-reactive ketones (excluding diaryl/α,β-unsaturated/α-hetero) is 1. The minimum Gasteiger partial charge on any atom is -0.469 e. The fourth-order valence-electron chi connectivity index (χ4n) is 2.18. The van der Waals surface area contributed by atoms with Crippen LogP contribution >= 0.6 is 0 Å². The topological polar surface area (TPSA) is 56.5 Å². The summed E-state index contributed by atoms with van der Waals surface area (Å²) < 4.78 is 10.2. The number of hydrogen-bond donors (Lipinski definition) is 0. The molecule has 0 radical (unpaired) electrons. The molecular formula is C12H14O4. The zero-order chi connectivity index (χ0) is 11.7. The van der Waals surface area contributed by atoms with Gasteiger partial charge in [0.15, 0.2) is 0 Å². The molecule has 86 valence electrons. The molecule has 1 aromatic heterocycles. The minimum atomic E-state index is -0.358. The summed E-state index contributed by atoms with van der Waals surface area (Å²) in [6, 6.07) is 3.55. The van der Waals surface area contributed by atoms with E-state index in [0.29, 0.717) is 12.4 Å². The summed E-state index contributed by atoms with van der Waals surface area (Å²) >= 11 is 0. The van der Waals surface area contributed by atoms with Gasteiger partial charge in [-0.1, -0.05) is 0 Å². The van der Waals surface area contributed by atoms with Gasteiger partial charge in [-0.05, 0) is 26.0 Å². The minimum absolute atomic E-state index is 0.0134. The third kappa shape index (κ3) is 1.75. The first-order valence-corrected chi connectivity index (χ1v) is 5.37. The van der Waals surface area contributed by atoms with Crippen LogP contribution in [0.3, 0.4) is 0 Å². The van der Waals surface area contributed by atoms with E-state index in [9.17, 15) is 9.59 Å². The van der Waals surface area contributed by atoms with Crippen molar-refractivity contribution in [3.8, 4) is 0 Å². The van der Waals surface area contributed by atoms with Gasteiger partial charge >= 0.3 is 5.97 Å². The van der Waals surface area contributed by atoms with E-state index in [4.69, 9.17) is 9.15 Å². The van der Waals surface area contributed by atoms with Crippen LogP contribution in [0, 0.1) is 11.8 Å². The molecule has 1 aromatic rings. The molecule has 0 unspecified atom stereocenters. The van der Waals surface area contributed by atoms with Crippen molar-refractivity contribution in [3.63, 3.8) is 0 Å². The Balaban J connectivity index is 2.14. The van der Waals surface area contributed by atoms with E-state index in [2.05, 4.69) is 0 Å². The van der Waals surface area contributed by atoms with Crippen molar-refractivity contribution < 1.29 is 18.7 Å². The number of ketones is 1. The van der Waals surface area contributed by atoms with Crippen LogP contribution in [0.1, 0.15) is 25.5 Å². The van der Waals surface area contributed by atoms with Gasteiger partial charge in [0.2, 0.25) is 0 Å². The molecular weight excluding hydrogens is 208 g/mol. The van der Waals surface area contributed by atoms with E-state index in [0.717, 1.165) is 0 Å². The van der Waals surface area contributed by atoms with Gasteiger partial charge in [-0.2, -0.15) is 0 Å². The van der Waals surface area contributed by atoms with Crippen molar-refractivity contribution in [2.75, 3.05) is 6.61 Å². The van der Waals surface area contributed by atoms with Crippen LogP contribution in [0.25, 0.3) is 0 Å². The van der Waals surface area contributed by atoms with Crippen LogP contribution in [-0.4, -0.2) is 18.4 Å². The highest BCUT2D eigenvalue weighted by Gasteiger charge is 2.60. The van der Waals surface area contributed by atoms with E-state index in [1.54, 1.807) is 25.3 Å². The molecule has 1 saturated carbocycles. The Morgan fingerprint density at radius 1 is 1.44 bits per heavy atom. The van der Waals surface area contributed by atoms with Gasteiger partial charge in [-0.15, -0.1) is 0 Å². The zero-order valence-electron chi connectivity index (χ0n) is 9.30. The van der Waals surface area contributed by atoms with Gasteiger partial charge in [-0.3, -0.25) is 9.59 Å². The van der Waals surface area contributed by atoms with Crippen LogP contribution < -0.4 is 0 Å². The van der Waals surface area contributed by atoms with Gasteiger partial charge < -0.3 is 9.15 Å². The standard InChI is InChI=1S/C12H14O4/c1-3-15-12(14)11-9(7(2)13)10(11)8-5-4-6-16-8/h4-6,9-11H,3H2,1-2H3/t9-,10-,11+/m0/s1. The molecule has 0 spiro atoms. The Hall–Kier alpha value is -1.58. The molecule has 0 amide bonds. The van der Waals surface area contributed by atoms with Crippen molar-refractivity contribution in [3.05, 3.63) is 24.2 Å². The molecule has 2 rings (SSSR count). The van der Waals surface area contributed by atoms with Crippen LogP contribution in [0.15, 0.2) is 22.8 Å². The molecule has 0 N–H and O–H groups in total. The number of furan rings is 1. The average molecular weight is 222 g/mol. The molecule has 0 saturated heterocycles. The molecule has 1 aliphatic carbocycles. The van der Waals surface area contributed by atoms with Crippen LogP contribution in [0.5, 0.6) is 0 Å². The van der Waals surface area contributed by atoms with Gasteiger partial charge in [-0.25, -0.2) is 0 Å². The first kappa shape index (κ1) is 10.9. The molecule has 3 atom stereocenters. The summed E-state index contributed by atoms with van der Waals surface area (Å²) in [7, 11) is 0. The Labute approximate surface area is 93.6 Å². The molecule has 1 aliphatic rings. The number of esters is 1. The number of rotatable bonds is 4. The average Bonchev–Trinajstić information content (AvgIpc) is 2.76.